The molecule has 0 spiro atoms. The van der Waals surface area contributed by atoms with Crippen LogP contribution < -0.4 is 0 Å². The SMILES string of the molecule is CN(C(=O)c1cc2ccc(Cl)cc2[nH]1)[C@H]1CCS(=O)(=O)C1. The molecule has 0 bridgehead atoms. The van der Waals surface area contributed by atoms with Crippen molar-refractivity contribution in [1.29, 1.82) is 0 Å². The van der Waals surface area contributed by atoms with Gasteiger partial charge in [0.25, 0.3) is 5.91 Å². The van der Waals surface area contributed by atoms with Crippen LogP contribution >= 0.6 is 11.6 Å². The maximum atomic E-state index is 12.5. The van der Waals surface area contributed by atoms with E-state index in [2.05, 4.69) is 4.98 Å². The molecule has 1 saturated heterocycles. The standard InChI is InChI=1S/C14H15ClN2O3S/c1-17(11-4-5-21(19,20)8-11)14(18)13-6-9-2-3-10(15)7-12(9)16-13/h2-3,6-7,11,16H,4-5,8H2,1H3/t11-/m0/s1. The summed E-state index contributed by atoms with van der Waals surface area (Å²) in [5, 5.41) is 1.49. The lowest BCUT2D eigenvalue weighted by molar-refractivity contribution is 0.0743. The van der Waals surface area contributed by atoms with Gasteiger partial charge in [-0.05, 0) is 24.6 Å². The van der Waals surface area contributed by atoms with E-state index in [9.17, 15) is 13.2 Å². The monoisotopic (exact) mass is 326 g/mol. The topological polar surface area (TPSA) is 70.2 Å². The van der Waals surface area contributed by atoms with E-state index in [1.807, 2.05) is 6.07 Å². The highest BCUT2D eigenvalue weighted by Crippen LogP contribution is 2.22. The Morgan fingerprint density at radius 1 is 1.38 bits per heavy atom. The maximum absolute atomic E-state index is 12.5. The molecule has 2 heterocycles. The van der Waals surface area contributed by atoms with E-state index >= 15 is 0 Å². The van der Waals surface area contributed by atoms with Crippen molar-refractivity contribution in [2.45, 2.75) is 12.5 Å². The summed E-state index contributed by atoms with van der Waals surface area (Å²) in [6.45, 7) is 0. The van der Waals surface area contributed by atoms with Crippen LogP contribution in [0, 0.1) is 0 Å². The molecule has 0 saturated carbocycles. The van der Waals surface area contributed by atoms with Crippen molar-refractivity contribution in [3.63, 3.8) is 0 Å². The molecular weight excluding hydrogens is 312 g/mol. The molecule has 21 heavy (non-hydrogen) atoms. The lowest BCUT2D eigenvalue weighted by Crippen LogP contribution is -2.37. The van der Waals surface area contributed by atoms with Crippen LogP contribution in [0.3, 0.4) is 0 Å². The van der Waals surface area contributed by atoms with E-state index in [0.29, 0.717) is 17.1 Å². The molecular formula is C14H15ClN2O3S. The second-order valence-corrected chi connectivity index (χ2v) is 8.05. The number of hydrogen-bond acceptors (Lipinski definition) is 3. The number of sulfone groups is 1. The van der Waals surface area contributed by atoms with E-state index in [0.717, 1.165) is 10.9 Å². The quantitative estimate of drug-likeness (QED) is 0.918. The molecule has 1 aliphatic heterocycles. The minimum absolute atomic E-state index is 0.0430. The average molecular weight is 327 g/mol. The Hall–Kier alpha value is -1.53. The molecule has 1 aliphatic rings. The number of fused-ring (bicyclic) bond motifs is 1. The van der Waals surface area contributed by atoms with Gasteiger partial charge in [-0.1, -0.05) is 17.7 Å². The predicted octanol–water partition coefficient (Wildman–Crippen LogP) is 2.08. The third-order valence-corrected chi connectivity index (χ3v) is 5.88. The second-order valence-electron chi connectivity index (χ2n) is 5.39. The van der Waals surface area contributed by atoms with Gasteiger partial charge in [0.15, 0.2) is 9.84 Å². The van der Waals surface area contributed by atoms with E-state index in [1.54, 1.807) is 25.2 Å². The first kappa shape index (κ1) is 14.4. The molecule has 1 fully saturated rings. The summed E-state index contributed by atoms with van der Waals surface area (Å²) in [5.74, 6) is -0.0109. The Labute approximate surface area is 127 Å². The summed E-state index contributed by atoms with van der Waals surface area (Å²) >= 11 is 5.92. The molecule has 1 aromatic heterocycles. The van der Waals surface area contributed by atoms with Crippen molar-refractivity contribution in [3.05, 3.63) is 35.0 Å². The Bertz CT molecular complexity index is 813. The van der Waals surface area contributed by atoms with Crippen LogP contribution in [0.2, 0.25) is 5.02 Å². The summed E-state index contributed by atoms with van der Waals surface area (Å²) in [6, 6.07) is 6.86. The van der Waals surface area contributed by atoms with Crippen LogP contribution in [0.1, 0.15) is 16.9 Å². The fraction of sp³-hybridized carbons (Fsp3) is 0.357. The lowest BCUT2D eigenvalue weighted by Gasteiger charge is -2.22. The zero-order valence-corrected chi connectivity index (χ0v) is 13.0. The third kappa shape index (κ3) is 2.78. The molecule has 0 unspecified atom stereocenters. The minimum Gasteiger partial charge on any atom is -0.350 e. The van der Waals surface area contributed by atoms with Crippen molar-refractivity contribution in [2.24, 2.45) is 0 Å². The Morgan fingerprint density at radius 3 is 2.81 bits per heavy atom. The molecule has 0 radical (unpaired) electrons. The highest BCUT2D eigenvalue weighted by atomic mass is 35.5. The number of hydrogen-bond donors (Lipinski definition) is 1. The highest BCUT2D eigenvalue weighted by molar-refractivity contribution is 7.91. The van der Waals surface area contributed by atoms with Gasteiger partial charge in [-0.3, -0.25) is 4.79 Å². The van der Waals surface area contributed by atoms with Crippen molar-refractivity contribution >= 4 is 38.2 Å². The highest BCUT2D eigenvalue weighted by Gasteiger charge is 2.33. The van der Waals surface area contributed by atoms with Crippen LogP contribution in [0.15, 0.2) is 24.3 Å². The number of aromatic amines is 1. The smallest absolute Gasteiger partial charge is 0.270 e. The number of rotatable bonds is 2. The molecule has 3 rings (SSSR count). The first-order valence-corrected chi connectivity index (χ1v) is 8.81. The zero-order valence-electron chi connectivity index (χ0n) is 11.5. The number of nitrogens with zero attached hydrogens (tertiary/aromatic N) is 1. The van der Waals surface area contributed by atoms with Crippen LogP contribution in [0.25, 0.3) is 10.9 Å². The first-order valence-electron chi connectivity index (χ1n) is 6.61. The van der Waals surface area contributed by atoms with E-state index < -0.39 is 9.84 Å². The molecule has 0 aliphatic carbocycles. The van der Waals surface area contributed by atoms with Gasteiger partial charge < -0.3 is 9.88 Å². The number of aromatic nitrogens is 1. The molecule has 7 heteroatoms. The predicted molar refractivity (Wildman–Crippen MR) is 82.5 cm³/mol. The summed E-state index contributed by atoms with van der Waals surface area (Å²) in [4.78, 5) is 17.0. The van der Waals surface area contributed by atoms with Crippen molar-refractivity contribution in [3.8, 4) is 0 Å². The maximum Gasteiger partial charge on any atom is 0.270 e. The number of carbonyl (C=O) groups excluding carboxylic acids is 1. The average Bonchev–Trinajstić information content (AvgIpc) is 2.99. The number of nitrogens with one attached hydrogen (secondary N) is 1. The Balaban J connectivity index is 1.86. The van der Waals surface area contributed by atoms with Crippen LogP contribution in [-0.4, -0.2) is 48.8 Å². The fourth-order valence-corrected chi connectivity index (χ4v) is 4.60. The molecule has 1 atom stereocenters. The van der Waals surface area contributed by atoms with Gasteiger partial charge in [0.2, 0.25) is 0 Å². The van der Waals surface area contributed by atoms with E-state index in [-0.39, 0.29) is 23.5 Å². The van der Waals surface area contributed by atoms with Crippen LogP contribution in [-0.2, 0) is 9.84 Å². The van der Waals surface area contributed by atoms with Gasteiger partial charge in [-0.25, -0.2) is 8.42 Å². The lowest BCUT2D eigenvalue weighted by atomic mass is 10.2. The number of halogens is 1. The van der Waals surface area contributed by atoms with Crippen LogP contribution in [0.4, 0.5) is 0 Å². The second kappa shape index (κ2) is 5.03. The van der Waals surface area contributed by atoms with Gasteiger partial charge in [0.1, 0.15) is 5.69 Å². The van der Waals surface area contributed by atoms with Crippen molar-refractivity contribution in [1.82, 2.24) is 9.88 Å². The summed E-state index contributed by atoms with van der Waals surface area (Å²) in [5.41, 5.74) is 1.23. The Kier molecular flexibility index (Phi) is 3.45. The number of H-pyrrole nitrogens is 1. The fourth-order valence-electron chi connectivity index (χ4n) is 2.65. The summed E-state index contributed by atoms with van der Waals surface area (Å²) < 4.78 is 23.0. The van der Waals surface area contributed by atoms with Crippen molar-refractivity contribution < 1.29 is 13.2 Å². The summed E-state index contributed by atoms with van der Waals surface area (Å²) in [7, 11) is -1.36. The van der Waals surface area contributed by atoms with Gasteiger partial charge >= 0.3 is 0 Å². The normalized spacial score (nSPS) is 20.8. The molecule has 1 N–H and O–H groups in total. The van der Waals surface area contributed by atoms with Crippen LogP contribution in [0.5, 0.6) is 0 Å². The van der Waals surface area contributed by atoms with E-state index in [1.165, 1.54) is 4.90 Å². The van der Waals surface area contributed by atoms with E-state index in [4.69, 9.17) is 11.6 Å². The number of carbonyl (C=O) groups is 1. The first-order chi connectivity index (χ1) is 9.85. The molecule has 5 nitrogen and oxygen atoms in total. The minimum atomic E-state index is -3.01. The molecule has 112 valence electrons. The third-order valence-electron chi connectivity index (χ3n) is 3.89. The van der Waals surface area contributed by atoms with Gasteiger partial charge in [-0.2, -0.15) is 0 Å². The number of benzene rings is 1. The Morgan fingerprint density at radius 2 is 2.14 bits per heavy atom. The molecule has 1 aromatic carbocycles. The summed E-state index contributed by atoms with van der Waals surface area (Å²) in [6.07, 6.45) is 0.497. The molecule has 2 aromatic rings. The van der Waals surface area contributed by atoms with Gasteiger partial charge in [-0.15, -0.1) is 0 Å². The zero-order chi connectivity index (χ0) is 15.2. The van der Waals surface area contributed by atoms with Crippen molar-refractivity contribution in [2.75, 3.05) is 18.6 Å². The largest absolute Gasteiger partial charge is 0.350 e. The molecule has 1 amide bonds. The van der Waals surface area contributed by atoms with Gasteiger partial charge in [0, 0.05) is 29.0 Å². The van der Waals surface area contributed by atoms with Gasteiger partial charge in [0.05, 0.1) is 11.5 Å². The number of amides is 1.